The molecule has 1 aromatic carbocycles. The molecule has 0 aliphatic rings. The van der Waals surface area contributed by atoms with Crippen LogP contribution in [0.15, 0.2) is 45.4 Å². The molecule has 0 amide bonds. The molecule has 0 aliphatic heterocycles. The molecular weight excluding hydrogens is 274 g/mol. The number of ether oxygens (including phenoxy) is 1. The fraction of sp³-hybridized carbons (Fsp3) is 0.0667. The van der Waals surface area contributed by atoms with Gasteiger partial charge >= 0.3 is 5.97 Å². The number of fused-ring (bicyclic) bond motifs is 1. The highest BCUT2D eigenvalue weighted by Gasteiger charge is 2.18. The molecule has 0 aliphatic carbocycles. The summed E-state index contributed by atoms with van der Waals surface area (Å²) in [4.78, 5) is 11.0. The molecule has 0 radical (unpaired) electrons. The van der Waals surface area contributed by atoms with Gasteiger partial charge in [0.05, 0.1) is 11.6 Å². The molecule has 0 unspecified atom stereocenters. The standard InChI is InChI=1S/C15H9NO5/c16-7-12-14(9-3-1-2-4-11(9)21-12)20-8-13-10(15(17)18)5-6-19-13/h1-6H,8H2,(H,17,18). The van der Waals surface area contributed by atoms with E-state index in [0.29, 0.717) is 11.0 Å². The highest BCUT2D eigenvalue weighted by molar-refractivity contribution is 5.89. The number of nitrogens with zero attached hydrogens (tertiary/aromatic N) is 1. The van der Waals surface area contributed by atoms with Crippen molar-refractivity contribution in [3.8, 4) is 11.8 Å². The molecule has 0 saturated heterocycles. The van der Waals surface area contributed by atoms with Gasteiger partial charge in [0.15, 0.2) is 11.5 Å². The van der Waals surface area contributed by atoms with Crippen molar-refractivity contribution in [2.24, 2.45) is 0 Å². The van der Waals surface area contributed by atoms with E-state index in [4.69, 9.17) is 23.9 Å². The van der Waals surface area contributed by atoms with Gasteiger partial charge < -0.3 is 18.7 Å². The van der Waals surface area contributed by atoms with Crippen LogP contribution in [0.5, 0.6) is 5.75 Å². The van der Waals surface area contributed by atoms with Crippen molar-refractivity contribution in [1.82, 2.24) is 0 Å². The second kappa shape index (κ2) is 5.06. The van der Waals surface area contributed by atoms with Gasteiger partial charge in [-0.3, -0.25) is 0 Å². The third kappa shape index (κ3) is 2.21. The molecule has 2 aromatic heterocycles. The third-order valence-electron chi connectivity index (χ3n) is 2.97. The van der Waals surface area contributed by atoms with Crippen molar-refractivity contribution in [1.29, 1.82) is 5.26 Å². The van der Waals surface area contributed by atoms with Gasteiger partial charge in [-0.2, -0.15) is 5.26 Å². The van der Waals surface area contributed by atoms with Gasteiger partial charge in [0.25, 0.3) is 0 Å². The van der Waals surface area contributed by atoms with Gasteiger partial charge in [0.1, 0.15) is 23.8 Å². The average Bonchev–Trinajstić information content (AvgIpc) is 3.09. The lowest BCUT2D eigenvalue weighted by molar-refractivity contribution is 0.0692. The first-order chi connectivity index (χ1) is 10.2. The minimum absolute atomic E-state index is 0.0290. The zero-order valence-corrected chi connectivity index (χ0v) is 10.7. The van der Waals surface area contributed by atoms with Crippen molar-refractivity contribution < 1.29 is 23.5 Å². The number of rotatable bonds is 4. The Bertz CT molecular complexity index is 852. The molecule has 21 heavy (non-hydrogen) atoms. The quantitative estimate of drug-likeness (QED) is 0.789. The number of hydrogen-bond donors (Lipinski definition) is 1. The summed E-state index contributed by atoms with van der Waals surface area (Å²) in [6.07, 6.45) is 1.28. The topological polar surface area (TPSA) is 96.6 Å². The largest absolute Gasteiger partial charge is 0.480 e. The first kappa shape index (κ1) is 12.8. The van der Waals surface area contributed by atoms with Gasteiger partial charge in [0, 0.05) is 0 Å². The summed E-state index contributed by atoms with van der Waals surface area (Å²) < 4.78 is 16.0. The molecule has 1 N–H and O–H groups in total. The number of furan rings is 2. The number of carbonyl (C=O) groups is 1. The summed E-state index contributed by atoms with van der Waals surface area (Å²) in [7, 11) is 0. The molecule has 6 nitrogen and oxygen atoms in total. The second-order valence-corrected chi connectivity index (χ2v) is 4.22. The predicted octanol–water partition coefficient (Wildman–Crippen LogP) is 3.17. The molecule has 2 heterocycles. The number of aromatic carboxylic acids is 1. The smallest absolute Gasteiger partial charge is 0.339 e. The maximum Gasteiger partial charge on any atom is 0.339 e. The van der Waals surface area contributed by atoms with E-state index in [2.05, 4.69) is 0 Å². The minimum atomic E-state index is -1.10. The van der Waals surface area contributed by atoms with E-state index >= 15 is 0 Å². The van der Waals surface area contributed by atoms with Crippen LogP contribution in [0.4, 0.5) is 0 Å². The second-order valence-electron chi connectivity index (χ2n) is 4.22. The normalized spacial score (nSPS) is 10.4. The molecule has 0 fully saturated rings. The third-order valence-corrected chi connectivity index (χ3v) is 2.97. The Balaban J connectivity index is 1.93. The number of carboxylic acid groups (broad SMARTS) is 1. The van der Waals surface area contributed by atoms with Gasteiger partial charge in [-0.15, -0.1) is 0 Å². The van der Waals surface area contributed by atoms with Gasteiger partial charge in [-0.1, -0.05) is 12.1 Å². The van der Waals surface area contributed by atoms with Crippen molar-refractivity contribution in [3.63, 3.8) is 0 Å². The van der Waals surface area contributed by atoms with Crippen LogP contribution in [0.2, 0.25) is 0 Å². The first-order valence-electron chi connectivity index (χ1n) is 6.05. The summed E-state index contributed by atoms with van der Waals surface area (Å²) in [5.74, 6) is -0.600. The van der Waals surface area contributed by atoms with Gasteiger partial charge in [0.2, 0.25) is 5.76 Å². The van der Waals surface area contributed by atoms with Crippen LogP contribution in [-0.2, 0) is 6.61 Å². The SMILES string of the molecule is N#Cc1oc2ccccc2c1OCc1occc1C(=O)O. The number of nitriles is 1. The van der Waals surface area contributed by atoms with Crippen LogP contribution < -0.4 is 4.74 Å². The Kier molecular flexibility index (Phi) is 3.09. The molecule has 0 spiro atoms. The lowest BCUT2D eigenvalue weighted by Crippen LogP contribution is -2.02. The Labute approximate surface area is 118 Å². The molecule has 0 atom stereocenters. The predicted molar refractivity (Wildman–Crippen MR) is 70.9 cm³/mol. The average molecular weight is 283 g/mol. The van der Waals surface area contributed by atoms with Gasteiger partial charge in [-0.25, -0.2) is 4.79 Å². The maximum atomic E-state index is 11.0. The molecule has 6 heteroatoms. The lowest BCUT2D eigenvalue weighted by Gasteiger charge is -2.03. The van der Waals surface area contributed by atoms with Crippen LogP contribution in [-0.4, -0.2) is 11.1 Å². The summed E-state index contributed by atoms with van der Waals surface area (Å²) in [5.41, 5.74) is 0.559. The fourth-order valence-electron chi connectivity index (χ4n) is 2.02. The molecular formula is C15H9NO5. The van der Waals surface area contributed by atoms with Crippen molar-refractivity contribution in [2.75, 3.05) is 0 Å². The zero-order chi connectivity index (χ0) is 14.8. The molecule has 0 saturated carbocycles. The lowest BCUT2D eigenvalue weighted by atomic mass is 10.2. The molecule has 104 valence electrons. The number of para-hydroxylation sites is 1. The van der Waals surface area contributed by atoms with Crippen LogP contribution >= 0.6 is 0 Å². The maximum absolute atomic E-state index is 11.0. The molecule has 3 rings (SSSR count). The van der Waals surface area contributed by atoms with Crippen LogP contribution in [0.3, 0.4) is 0 Å². The zero-order valence-electron chi connectivity index (χ0n) is 10.7. The number of hydrogen-bond acceptors (Lipinski definition) is 5. The van der Waals surface area contributed by atoms with Gasteiger partial charge in [-0.05, 0) is 18.2 Å². The summed E-state index contributed by atoms with van der Waals surface area (Å²) in [5, 5.41) is 18.7. The molecule has 3 aromatic rings. The van der Waals surface area contributed by atoms with Crippen molar-refractivity contribution in [3.05, 3.63) is 53.7 Å². The monoisotopic (exact) mass is 283 g/mol. The van der Waals surface area contributed by atoms with Crippen molar-refractivity contribution in [2.45, 2.75) is 6.61 Å². The Morgan fingerprint density at radius 3 is 2.90 bits per heavy atom. The molecule has 0 bridgehead atoms. The Morgan fingerprint density at radius 2 is 2.14 bits per heavy atom. The number of benzene rings is 1. The fourth-order valence-corrected chi connectivity index (χ4v) is 2.02. The van der Waals surface area contributed by atoms with Crippen LogP contribution in [0.25, 0.3) is 11.0 Å². The van der Waals surface area contributed by atoms with Crippen LogP contribution in [0, 0.1) is 11.3 Å². The summed E-state index contributed by atoms with van der Waals surface area (Å²) >= 11 is 0. The summed E-state index contributed by atoms with van der Waals surface area (Å²) in [6.45, 7) is -0.104. The minimum Gasteiger partial charge on any atom is -0.480 e. The summed E-state index contributed by atoms with van der Waals surface area (Å²) in [6, 6.07) is 10.3. The highest BCUT2D eigenvalue weighted by Crippen LogP contribution is 2.33. The number of carboxylic acids is 1. The van der Waals surface area contributed by atoms with Crippen LogP contribution in [0.1, 0.15) is 21.9 Å². The van der Waals surface area contributed by atoms with E-state index in [-0.39, 0.29) is 29.4 Å². The van der Waals surface area contributed by atoms with E-state index in [0.717, 1.165) is 0 Å². The van der Waals surface area contributed by atoms with E-state index in [1.165, 1.54) is 12.3 Å². The van der Waals surface area contributed by atoms with E-state index in [1.54, 1.807) is 24.3 Å². The Morgan fingerprint density at radius 1 is 1.33 bits per heavy atom. The van der Waals surface area contributed by atoms with Crippen molar-refractivity contribution >= 4 is 16.9 Å². The van der Waals surface area contributed by atoms with E-state index in [9.17, 15) is 4.79 Å². The Hall–Kier alpha value is -3.20. The van der Waals surface area contributed by atoms with E-state index in [1.807, 2.05) is 6.07 Å². The van der Waals surface area contributed by atoms with E-state index < -0.39 is 5.97 Å². The first-order valence-corrected chi connectivity index (χ1v) is 6.05. The highest BCUT2D eigenvalue weighted by atomic mass is 16.5.